The van der Waals surface area contributed by atoms with Gasteiger partial charge in [0.1, 0.15) is 0 Å². The summed E-state index contributed by atoms with van der Waals surface area (Å²) in [5.74, 6) is 1.99. The van der Waals surface area contributed by atoms with E-state index in [2.05, 4.69) is 4.90 Å². The topological polar surface area (TPSA) is 29.3 Å². The van der Waals surface area contributed by atoms with Crippen molar-refractivity contribution in [3.05, 3.63) is 0 Å². The largest absolute Gasteiger partial charge is 0.327 e. The molecule has 0 aromatic heterocycles. The summed E-state index contributed by atoms with van der Waals surface area (Å²) < 4.78 is 0. The van der Waals surface area contributed by atoms with E-state index in [1.54, 1.807) is 0 Å². The quantitative estimate of drug-likeness (QED) is 0.795. The molecule has 1 aliphatic heterocycles. The third-order valence-electron chi connectivity index (χ3n) is 5.16. The molecule has 0 amide bonds. The van der Waals surface area contributed by atoms with Crippen molar-refractivity contribution in [2.75, 3.05) is 13.1 Å². The van der Waals surface area contributed by atoms with Crippen LogP contribution in [0.5, 0.6) is 0 Å². The fourth-order valence-electron chi connectivity index (χ4n) is 4.11. The molecule has 2 saturated carbocycles. The molecule has 0 aromatic rings. The van der Waals surface area contributed by atoms with Crippen LogP contribution in [0.2, 0.25) is 0 Å². The Labute approximate surface area is 106 Å². The summed E-state index contributed by atoms with van der Waals surface area (Å²) in [6.07, 6.45) is 13.0. The molecule has 0 radical (unpaired) electrons. The molecule has 1 heterocycles. The molecule has 2 nitrogen and oxygen atoms in total. The maximum Gasteiger partial charge on any atom is 0.0170 e. The molecule has 3 rings (SSSR count). The van der Waals surface area contributed by atoms with Crippen molar-refractivity contribution in [3.63, 3.8) is 0 Å². The standard InChI is InChI=1S/C15H28N2/c16-14(10-12-7-8-12)11-17-9-3-6-15(17)13-4-1-2-5-13/h12-15H,1-11,16H2. The molecule has 98 valence electrons. The molecule has 2 unspecified atom stereocenters. The lowest BCUT2D eigenvalue weighted by Crippen LogP contribution is -2.42. The summed E-state index contributed by atoms with van der Waals surface area (Å²) in [6.45, 7) is 2.50. The fourth-order valence-corrected chi connectivity index (χ4v) is 4.11. The van der Waals surface area contributed by atoms with Crippen molar-refractivity contribution >= 4 is 0 Å². The van der Waals surface area contributed by atoms with Crippen LogP contribution in [0.15, 0.2) is 0 Å². The predicted molar refractivity (Wildman–Crippen MR) is 71.9 cm³/mol. The average molecular weight is 236 g/mol. The van der Waals surface area contributed by atoms with Crippen molar-refractivity contribution in [1.82, 2.24) is 4.90 Å². The lowest BCUT2D eigenvalue weighted by atomic mass is 9.95. The highest BCUT2D eigenvalue weighted by Gasteiger charge is 2.34. The summed E-state index contributed by atoms with van der Waals surface area (Å²) in [5.41, 5.74) is 6.31. The molecule has 2 N–H and O–H groups in total. The molecular formula is C15H28N2. The van der Waals surface area contributed by atoms with Gasteiger partial charge in [-0.05, 0) is 50.5 Å². The van der Waals surface area contributed by atoms with E-state index in [9.17, 15) is 0 Å². The SMILES string of the molecule is NC(CC1CC1)CN1CCCC1C1CCCC1. The zero-order valence-electron chi connectivity index (χ0n) is 11.1. The Morgan fingerprint density at radius 1 is 1.00 bits per heavy atom. The third-order valence-corrected chi connectivity index (χ3v) is 5.16. The number of rotatable bonds is 5. The first-order chi connectivity index (χ1) is 8.33. The Balaban J connectivity index is 1.49. The highest BCUT2D eigenvalue weighted by atomic mass is 15.2. The van der Waals surface area contributed by atoms with Crippen LogP contribution in [-0.2, 0) is 0 Å². The molecule has 3 fully saturated rings. The van der Waals surface area contributed by atoms with Gasteiger partial charge in [-0.3, -0.25) is 4.90 Å². The number of hydrogen-bond donors (Lipinski definition) is 1. The van der Waals surface area contributed by atoms with Crippen LogP contribution >= 0.6 is 0 Å². The van der Waals surface area contributed by atoms with Crippen LogP contribution in [0.4, 0.5) is 0 Å². The summed E-state index contributed by atoms with van der Waals surface area (Å²) >= 11 is 0. The van der Waals surface area contributed by atoms with Gasteiger partial charge in [-0.2, -0.15) is 0 Å². The lowest BCUT2D eigenvalue weighted by Gasteiger charge is -2.31. The van der Waals surface area contributed by atoms with Crippen LogP contribution in [0, 0.1) is 11.8 Å². The second-order valence-electron chi connectivity index (χ2n) is 6.69. The molecule has 2 heteroatoms. The minimum atomic E-state index is 0.449. The van der Waals surface area contributed by atoms with Crippen molar-refractivity contribution < 1.29 is 0 Å². The van der Waals surface area contributed by atoms with Crippen molar-refractivity contribution in [3.8, 4) is 0 Å². The van der Waals surface area contributed by atoms with Crippen LogP contribution in [0.1, 0.15) is 57.8 Å². The number of nitrogens with zero attached hydrogens (tertiary/aromatic N) is 1. The Kier molecular flexibility index (Phi) is 3.72. The van der Waals surface area contributed by atoms with Crippen LogP contribution in [-0.4, -0.2) is 30.1 Å². The maximum atomic E-state index is 6.31. The van der Waals surface area contributed by atoms with E-state index in [4.69, 9.17) is 5.73 Å². The Morgan fingerprint density at radius 3 is 2.47 bits per heavy atom. The number of nitrogens with two attached hydrogens (primary N) is 1. The van der Waals surface area contributed by atoms with Crippen molar-refractivity contribution in [2.24, 2.45) is 17.6 Å². The minimum Gasteiger partial charge on any atom is -0.327 e. The first-order valence-electron chi connectivity index (χ1n) is 7.82. The van der Waals surface area contributed by atoms with Gasteiger partial charge in [0.2, 0.25) is 0 Å². The summed E-state index contributed by atoms with van der Waals surface area (Å²) in [5, 5.41) is 0. The van der Waals surface area contributed by atoms with E-state index in [1.165, 1.54) is 70.9 Å². The van der Waals surface area contributed by atoms with Crippen LogP contribution in [0.3, 0.4) is 0 Å². The maximum absolute atomic E-state index is 6.31. The molecule has 0 spiro atoms. The molecule has 3 aliphatic rings. The van der Waals surface area contributed by atoms with Gasteiger partial charge in [0.25, 0.3) is 0 Å². The normalized spacial score (nSPS) is 33.4. The molecule has 2 atom stereocenters. The van der Waals surface area contributed by atoms with Crippen LogP contribution in [0.25, 0.3) is 0 Å². The Bertz CT molecular complexity index is 243. The molecule has 1 saturated heterocycles. The van der Waals surface area contributed by atoms with Gasteiger partial charge in [-0.25, -0.2) is 0 Å². The van der Waals surface area contributed by atoms with Gasteiger partial charge >= 0.3 is 0 Å². The molecule has 2 aliphatic carbocycles. The molecular weight excluding hydrogens is 208 g/mol. The highest BCUT2D eigenvalue weighted by Crippen LogP contribution is 2.36. The first-order valence-corrected chi connectivity index (χ1v) is 7.82. The minimum absolute atomic E-state index is 0.449. The highest BCUT2D eigenvalue weighted by molar-refractivity contribution is 4.90. The van der Waals surface area contributed by atoms with Gasteiger partial charge in [0, 0.05) is 18.6 Å². The van der Waals surface area contributed by atoms with Gasteiger partial charge in [-0.1, -0.05) is 25.7 Å². The smallest absolute Gasteiger partial charge is 0.0170 e. The van der Waals surface area contributed by atoms with E-state index < -0.39 is 0 Å². The predicted octanol–water partition coefficient (Wildman–Crippen LogP) is 2.77. The Morgan fingerprint density at radius 2 is 1.76 bits per heavy atom. The van der Waals surface area contributed by atoms with E-state index in [1.807, 2.05) is 0 Å². The Hall–Kier alpha value is -0.0800. The van der Waals surface area contributed by atoms with E-state index in [-0.39, 0.29) is 0 Å². The van der Waals surface area contributed by atoms with Gasteiger partial charge in [-0.15, -0.1) is 0 Å². The van der Waals surface area contributed by atoms with Crippen LogP contribution < -0.4 is 5.73 Å². The second kappa shape index (κ2) is 5.27. The number of likely N-dealkylation sites (tertiary alicyclic amines) is 1. The zero-order chi connectivity index (χ0) is 11.7. The molecule has 17 heavy (non-hydrogen) atoms. The van der Waals surface area contributed by atoms with Crippen molar-refractivity contribution in [2.45, 2.75) is 69.9 Å². The number of hydrogen-bond acceptors (Lipinski definition) is 2. The average Bonchev–Trinajstić information content (AvgIpc) is 2.83. The molecule has 0 aromatic carbocycles. The van der Waals surface area contributed by atoms with Gasteiger partial charge in [0.05, 0.1) is 0 Å². The molecule has 0 bridgehead atoms. The van der Waals surface area contributed by atoms with E-state index in [0.717, 1.165) is 17.9 Å². The van der Waals surface area contributed by atoms with Gasteiger partial charge < -0.3 is 5.73 Å². The summed E-state index contributed by atoms with van der Waals surface area (Å²) in [7, 11) is 0. The van der Waals surface area contributed by atoms with Crippen molar-refractivity contribution in [1.29, 1.82) is 0 Å². The zero-order valence-corrected chi connectivity index (χ0v) is 11.1. The first kappa shape index (κ1) is 12.0. The summed E-state index contributed by atoms with van der Waals surface area (Å²) in [6, 6.07) is 1.34. The monoisotopic (exact) mass is 236 g/mol. The van der Waals surface area contributed by atoms with Gasteiger partial charge in [0.15, 0.2) is 0 Å². The summed E-state index contributed by atoms with van der Waals surface area (Å²) in [4.78, 5) is 2.74. The second-order valence-corrected chi connectivity index (χ2v) is 6.69. The fraction of sp³-hybridized carbons (Fsp3) is 1.00. The van der Waals surface area contributed by atoms with E-state index >= 15 is 0 Å². The third kappa shape index (κ3) is 3.03. The van der Waals surface area contributed by atoms with E-state index in [0.29, 0.717) is 6.04 Å². The lowest BCUT2D eigenvalue weighted by molar-refractivity contribution is 0.177.